The molecule has 1 aliphatic rings. The first-order valence-corrected chi connectivity index (χ1v) is 6.99. The molecular formula is C17H15NO4. The molecule has 112 valence electrons. The van der Waals surface area contributed by atoms with Crippen molar-refractivity contribution >= 4 is 11.9 Å². The summed E-state index contributed by atoms with van der Waals surface area (Å²) in [6.45, 7) is 0.0112. The number of ether oxygens (including phenoxy) is 1. The number of hydroxylamine groups is 2. The average Bonchev–Trinajstić information content (AvgIpc) is 2.90. The fourth-order valence-corrected chi connectivity index (χ4v) is 2.24. The Labute approximate surface area is 128 Å². The van der Waals surface area contributed by atoms with E-state index < -0.39 is 12.1 Å². The van der Waals surface area contributed by atoms with Crippen LogP contribution in [0.2, 0.25) is 0 Å². The van der Waals surface area contributed by atoms with Crippen molar-refractivity contribution in [3.8, 4) is 5.75 Å². The second kappa shape index (κ2) is 6.30. The van der Waals surface area contributed by atoms with Crippen LogP contribution in [0.1, 0.15) is 5.56 Å². The lowest BCUT2D eigenvalue weighted by atomic mass is 10.0. The Hall–Kier alpha value is -2.82. The first-order valence-electron chi connectivity index (χ1n) is 6.99. The first-order chi connectivity index (χ1) is 10.7. The molecule has 0 bridgehead atoms. The van der Waals surface area contributed by atoms with Crippen molar-refractivity contribution in [2.45, 2.75) is 12.5 Å². The van der Waals surface area contributed by atoms with Gasteiger partial charge in [0.1, 0.15) is 6.61 Å². The molecule has 0 spiro atoms. The van der Waals surface area contributed by atoms with Gasteiger partial charge < -0.3 is 9.57 Å². The highest BCUT2D eigenvalue weighted by Crippen LogP contribution is 2.19. The smallest absolute Gasteiger partial charge is 0.444 e. The summed E-state index contributed by atoms with van der Waals surface area (Å²) in [5.74, 6) is 0.367. The van der Waals surface area contributed by atoms with Crippen molar-refractivity contribution in [2.24, 2.45) is 0 Å². The van der Waals surface area contributed by atoms with Gasteiger partial charge in [-0.05, 0) is 17.7 Å². The Morgan fingerprint density at radius 2 is 1.73 bits per heavy atom. The van der Waals surface area contributed by atoms with Gasteiger partial charge in [0.2, 0.25) is 0 Å². The first kappa shape index (κ1) is 14.1. The molecule has 22 heavy (non-hydrogen) atoms. The molecule has 3 rings (SSSR count). The maximum atomic E-state index is 12.4. The number of amides is 1. The Kier molecular flexibility index (Phi) is 4.05. The standard InChI is InChI=1S/C17H15NO4/c19-16(11-13-7-3-1-4-8-13)15-12-21-17(20)18(15)22-14-9-5-2-6-10-14/h1-10,15H,11-12H2. The van der Waals surface area contributed by atoms with Gasteiger partial charge in [0, 0.05) is 6.42 Å². The van der Waals surface area contributed by atoms with Crippen molar-refractivity contribution in [1.82, 2.24) is 5.06 Å². The number of hydrogen-bond acceptors (Lipinski definition) is 4. The van der Waals surface area contributed by atoms with Crippen LogP contribution in [0.3, 0.4) is 0 Å². The quantitative estimate of drug-likeness (QED) is 0.851. The third kappa shape index (κ3) is 3.09. The van der Waals surface area contributed by atoms with E-state index in [9.17, 15) is 9.59 Å². The molecule has 0 saturated carbocycles. The molecule has 0 N–H and O–H groups in total. The molecule has 5 heteroatoms. The molecule has 5 nitrogen and oxygen atoms in total. The number of cyclic esters (lactones) is 1. The van der Waals surface area contributed by atoms with Gasteiger partial charge in [-0.2, -0.15) is 0 Å². The summed E-state index contributed by atoms with van der Waals surface area (Å²) in [4.78, 5) is 29.7. The highest BCUT2D eigenvalue weighted by molar-refractivity contribution is 5.90. The molecule has 1 fully saturated rings. The van der Waals surface area contributed by atoms with E-state index in [2.05, 4.69) is 0 Å². The molecule has 1 unspecified atom stereocenters. The van der Waals surface area contributed by atoms with Crippen LogP contribution in [0.15, 0.2) is 60.7 Å². The molecule has 2 aromatic rings. The second-order valence-electron chi connectivity index (χ2n) is 4.95. The summed E-state index contributed by atoms with van der Waals surface area (Å²) in [6, 6.07) is 17.5. The topological polar surface area (TPSA) is 55.8 Å². The van der Waals surface area contributed by atoms with Gasteiger partial charge in [0.05, 0.1) is 0 Å². The van der Waals surface area contributed by atoms with Crippen molar-refractivity contribution in [3.05, 3.63) is 66.2 Å². The van der Waals surface area contributed by atoms with E-state index in [4.69, 9.17) is 9.57 Å². The van der Waals surface area contributed by atoms with Crippen molar-refractivity contribution < 1.29 is 19.2 Å². The van der Waals surface area contributed by atoms with Crippen molar-refractivity contribution in [2.75, 3.05) is 6.61 Å². The lowest BCUT2D eigenvalue weighted by Crippen LogP contribution is -2.42. The largest absolute Gasteiger partial charge is 0.444 e. The zero-order chi connectivity index (χ0) is 15.4. The van der Waals surface area contributed by atoms with Gasteiger partial charge in [-0.1, -0.05) is 48.5 Å². The lowest BCUT2D eigenvalue weighted by Gasteiger charge is -2.20. The van der Waals surface area contributed by atoms with Gasteiger partial charge in [-0.25, -0.2) is 4.79 Å². The normalized spacial score (nSPS) is 17.2. The minimum Gasteiger partial charge on any atom is -0.444 e. The molecule has 1 amide bonds. The summed E-state index contributed by atoms with van der Waals surface area (Å²) in [7, 11) is 0. The predicted octanol–water partition coefficient (Wildman–Crippen LogP) is 2.61. The minimum absolute atomic E-state index is 0.0112. The van der Waals surface area contributed by atoms with E-state index in [1.54, 1.807) is 24.3 Å². The monoisotopic (exact) mass is 297 g/mol. The van der Waals surface area contributed by atoms with Crippen LogP contribution in [-0.2, 0) is 16.0 Å². The molecule has 1 atom stereocenters. The number of carbonyl (C=O) groups excluding carboxylic acids is 2. The van der Waals surface area contributed by atoms with E-state index >= 15 is 0 Å². The van der Waals surface area contributed by atoms with Gasteiger partial charge in [0.25, 0.3) is 0 Å². The van der Waals surface area contributed by atoms with E-state index in [1.165, 1.54) is 0 Å². The van der Waals surface area contributed by atoms with E-state index in [1.807, 2.05) is 36.4 Å². The zero-order valence-corrected chi connectivity index (χ0v) is 11.8. The van der Waals surface area contributed by atoms with Crippen LogP contribution in [0.5, 0.6) is 5.75 Å². The highest BCUT2D eigenvalue weighted by Gasteiger charge is 2.40. The second-order valence-corrected chi connectivity index (χ2v) is 4.95. The maximum Gasteiger partial charge on any atom is 0.444 e. The maximum absolute atomic E-state index is 12.4. The summed E-state index contributed by atoms with van der Waals surface area (Å²) >= 11 is 0. The van der Waals surface area contributed by atoms with Crippen molar-refractivity contribution in [3.63, 3.8) is 0 Å². The SMILES string of the molecule is O=C(Cc1ccccc1)C1COC(=O)N1Oc1ccccc1. The highest BCUT2D eigenvalue weighted by atomic mass is 16.7. The van der Waals surface area contributed by atoms with E-state index in [0.717, 1.165) is 10.6 Å². The Bertz CT molecular complexity index is 657. The lowest BCUT2D eigenvalue weighted by molar-refractivity contribution is -0.129. The Morgan fingerprint density at radius 3 is 2.41 bits per heavy atom. The molecule has 1 aliphatic heterocycles. The van der Waals surface area contributed by atoms with Gasteiger partial charge >= 0.3 is 6.09 Å². The number of hydrogen-bond donors (Lipinski definition) is 0. The fraction of sp³-hybridized carbons (Fsp3) is 0.176. The summed E-state index contributed by atoms with van der Waals surface area (Å²) < 4.78 is 4.95. The molecule has 1 heterocycles. The minimum atomic E-state index is -0.729. The summed E-state index contributed by atoms with van der Waals surface area (Å²) in [5, 5.41) is 1.01. The number of nitrogens with zero attached hydrogens (tertiary/aromatic N) is 1. The van der Waals surface area contributed by atoms with Gasteiger partial charge in [-0.15, -0.1) is 5.06 Å². The molecule has 1 saturated heterocycles. The number of ketones is 1. The van der Waals surface area contributed by atoms with Crippen LogP contribution < -0.4 is 4.84 Å². The number of benzene rings is 2. The van der Waals surface area contributed by atoms with E-state index in [-0.39, 0.29) is 18.8 Å². The van der Waals surface area contributed by atoms with Crippen molar-refractivity contribution in [1.29, 1.82) is 0 Å². The molecule has 0 radical (unpaired) electrons. The molecule has 2 aromatic carbocycles. The molecular weight excluding hydrogens is 282 g/mol. The molecule has 0 aliphatic carbocycles. The third-order valence-electron chi connectivity index (χ3n) is 3.37. The number of Topliss-reactive ketones (excluding diaryl/α,β-unsaturated/α-hetero) is 1. The molecule has 0 aromatic heterocycles. The zero-order valence-electron chi connectivity index (χ0n) is 11.8. The van der Waals surface area contributed by atoms with Crippen LogP contribution in [0.4, 0.5) is 4.79 Å². The van der Waals surface area contributed by atoms with Crippen LogP contribution in [-0.4, -0.2) is 29.6 Å². The number of para-hydroxylation sites is 1. The van der Waals surface area contributed by atoms with E-state index in [0.29, 0.717) is 5.75 Å². The van der Waals surface area contributed by atoms with Crippen LogP contribution in [0.25, 0.3) is 0 Å². The van der Waals surface area contributed by atoms with Crippen LogP contribution in [0, 0.1) is 0 Å². The van der Waals surface area contributed by atoms with Gasteiger partial charge in [-0.3, -0.25) is 4.79 Å². The Morgan fingerprint density at radius 1 is 1.09 bits per heavy atom. The Balaban J connectivity index is 1.71. The number of carbonyl (C=O) groups is 2. The number of rotatable bonds is 5. The predicted molar refractivity (Wildman–Crippen MR) is 79.2 cm³/mol. The van der Waals surface area contributed by atoms with Crippen LogP contribution >= 0.6 is 0 Å². The fourth-order valence-electron chi connectivity index (χ4n) is 2.24. The summed E-state index contributed by atoms with van der Waals surface area (Å²) in [6.07, 6.45) is -0.410. The average molecular weight is 297 g/mol. The summed E-state index contributed by atoms with van der Waals surface area (Å²) in [5.41, 5.74) is 0.895. The van der Waals surface area contributed by atoms with Gasteiger partial charge in [0.15, 0.2) is 17.6 Å². The third-order valence-corrected chi connectivity index (χ3v) is 3.37.